The van der Waals surface area contributed by atoms with Gasteiger partial charge in [-0.15, -0.1) is 11.3 Å². The molecule has 1 heterocycles. The van der Waals surface area contributed by atoms with Crippen LogP contribution in [0.15, 0.2) is 23.6 Å². The lowest BCUT2D eigenvalue weighted by Gasteiger charge is -2.22. The smallest absolute Gasteiger partial charge is 0.357 e. The number of hydrogen-bond donors (Lipinski definition) is 1. The van der Waals surface area contributed by atoms with E-state index in [9.17, 15) is 9.59 Å². The van der Waals surface area contributed by atoms with E-state index >= 15 is 0 Å². The molecule has 0 saturated heterocycles. The van der Waals surface area contributed by atoms with Crippen LogP contribution in [0.1, 0.15) is 22.4 Å². The van der Waals surface area contributed by atoms with Gasteiger partial charge in [0.2, 0.25) is 0 Å². The molecule has 1 aromatic carbocycles. The average Bonchev–Trinajstić information content (AvgIpc) is 3.19. The molecule has 0 atom stereocenters. The molecule has 0 aliphatic carbocycles. The summed E-state index contributed by atoms with van der Waals surface area (Å²) in [5.74, 6) is 0.635. The fourth-order valence-corrected chi connectivity index (χ4v) is 3.16. The number of ether oxygens (including phenoxy) is 4. The highest BCUT2D eigenvalue weighted by atomic mass is 32.1. The second-order valence-electron chi connectivity index (χ2n) is 5.79. The SMILES string of the molecule is CCOC(=O)c1csc(CN(CCOC)C(=O)Nc2cc(OC)cc(OC)c2)n1. The number of amides is 2. The van der Waals surface area contributed by atoms with Gasteiger partial charge in [-0.05, 0) is 6.92 Å². The number of esters is 1. The summed E-state index contributed by atoms with van der Waals surface area (Å²) in [6.45, 7) is 2.93. The third-order valence-corrected chi connectivity index (χ3v) is 4.65. The first-order valence-electron chi connectivity index (χ1n) is 8.90. The molecule has 158 valence electrons. The van der Waals surface area contributed by atoms with Crippen molar-refractivity contribution in [1.82, 2.24) is 9.88 Å². The minimum absolute atomic E-state index is 0.223. The highest BCUT2D eigenvalue weighted by Gasteiger charge is 2.18. The van der Waals surface area contributed by atoms with Gasteiger partial charge in [0.05, 0.1) is 34.0 Å². The lowest BCUT2D eigenvalue weighted by Crippen LogP contribution is -2.36. The summed E-state index contributed by atoms with van der Waals surface area (Å²) in [6.07, 6.45) is 0. The normalized spacial score (nSPS) is 10.3. The molecule has 0 aliphatic rings. The summed E-state index contributed by atoms with van der Waals surface area (Å²) in [4.78, 5) is 30.4. The minimum atomic E-state index is -0.480. The largest absolute Gasteiger partial charge is 0.497 e. The van der Waals surface area contributed by atoms with Crippen molar-refractivity contribution in [2.75, 3.05) is 46.4 Å². The van der Waals surface area contributed by atoms with Crippen molar-refractivity contribution < 1.29 is 28.5 Å². The molecular weight excluding hydrogens is 398 g/mol. The van der Waals surface area contributed by atoms with Crippen molar-refractivity contribution >= 4 is 29.0 Å². The van der Waals surface area contributed by atoms with Crippen molar-refractivity contribution in [3.8, 4) is 11.5 Å². The predicted molar refractivity (Wildman–Crippen MR) is 109 cm³/mol. The minimum Gasteiger partial charge on any atom is -0.497 e. The summed E-state index contributed by atoms with van der Waals surface area (Å²) < 4.78 is 20.5. The van der Waals surface area contributed by atoms with E-state index in [4.69, 9.17) is 18.9 Å². The highest BCUT2D eigenvalue weighted by molar-refractivity contribution is 7.09. The van der Waals surface area contributed by atoms with Gasteiger partial charge in [0.25, 0.3) is 0 Å². The van der Waals surface area contributed by atoms with E-state index in [2.05, 4.69) is 10.3 Å². The predicted octanol–water partition coefficient (Wildman–Crippen LogP) is 3.02. The van der Waals surface area contributed by atoms with E-state index in [0.29, 0.717) is 35.3 Å². The Kier molecular flexibility index (Phi) is 8.68. The number of carbonyl (C=O) groups excluding carboxylic acids is 2. The van der Waals surface area contributed by atoms with E-state index in [-0.39, 0.29) is 24.9 Å². The maximum atomic E-state index is 12.8. The molecule has 1 aromatic heterocycles. The van der Waals surface area contributed by atoms with E-state index in [1.165, 1.54) is 25.6 Å². The van der Waals surface area contributed by atoms with Crippen LogP contribution in [0.5, 0.6) is 11.5 Å². The molecule has 0 fully saturated rings. The van der Waals surface area contributed by atoms with Gasteiger partial charge in [-0.25, -0.2) is 14.6 Å². The number of nitrogens with one attached hydrogen (secondary N) is 1. The van der Waals surface area contributed by atoms with Gasteiger partial charge in [0.1, 0.15) is 16.5 Å². The Morgan fingerprint density at radius 3 is 2.41 bits per heavy atom. The van der Waals surface area contributed by atoms with Crippen LogP contribution in [0.2, 0.25) is 0 Å². The molecule has 0 radical (unpaired) electrons. The number of hydrogen-bond acceptors (Lipinski definition) is 8. The van der Waals surface area contributed by atoms with Crippen molar-refractivity contribution in [1.29, 1.82) is 0 Å². The average molecular weight is 423 g/mol. The van der Waals surface area contributed by atoms with Gasteiger partial charge in [-0.2, -0.15) is 0 Å². The third-order valence-electron chi connectivity index (χ3n) is 3.82. The quantitative estimate of drug-likeness (QED) is 0.587. The molecule has 29 heavy (non-hydrogen) atoms. The zero-order valence-corrected chi connectivity index (χ0v) is 17.7. The van der Waals surface area contributed by atoms with Crippen molar-refractivity contribution in [2.24, 2.45) is 0 Å². The lowest BCUT2D eigenvalue weighted by molar-refractivity contribution is 0.0520. The van der Waals surface area contributed by atoms with Crippen LogP contribution in [0.25, 0.3) is 0 Å². The van der Waals surface area contributed by atoms with Crippen LogP contribution in [-0.2, 0) is 16.0 Å². The number of carbonyl (C=O) groups is 2. The van der Waals surface area contributed by atoms with Crippen molar-refractivity contribution in [3.05, 3.63) is 34.3 Å². The Morgan fingerprint density at radius 1 is 1.14 bits per heavy atom. The van der Waals surface area contributed by atoms with Crippen LogP contribution in [0.3, 0.4) is 0 Å². The lowest BCUT2D eigenvalue weighted by atomic mass is 10.3. The Labute approximate surface area is 173 Å². The van der Waals surface area contributed by atoms with Gasteiger partial charge in [-0.3, -0.25) is 0 Å². The summed E-state index contributed by atoms with van der Waals surface area (Å²) in [5, 5.41) is 5.06. The van der Waals surface area contributed by atoms with Crippen LogP contribution in [0, 0.1) is 0 Å². The molecule has 2 rings (SSSR count). The molecule has 0 bridgehead atoms. The van der Waals surface area contributed by atoms with Gasteiger partial charge in [0.15, 0.2) is 5.69 Å². The molecule has 9 nitrogen and oxygen atoms in total. The first-order chi connectivity index (χ1) is 14.0. The topological polar surface area (TPSA) is 99.2 Å². The summed E-state index contributed by atoms with van der Waals surface area (Å²) >= 11 is 1.29. The second kappa shape index (κ2) is 11.2. The number of methoxy groups -OCH3 is 3. The van der Waals surface area contributed by atoms with Crippen LogP contribution in [0.4, 0.5) is 10.5 Å². The van der Waals surface area contributed by atoms with E-state index in [1.54, 1.807) is 42.5 Å². The Balaban J connectivity index is 2.13. The van der Waals surface area contributed by atoms with Gasteiger partial charge < -0.3 is 29.2 Å². The van der Waals surface area contributed by atoms with Crippen LogP contribution >= 0.6 is 11.3 Å². The molecule has 2 aromatic rings. The van der Waals surface area contributed by atoms with E-state index in [1.807, 2.05) is 0 Å². The number of rotatable bonds is 10. The maximum Gasteiger partial charge on any atom is 0.357 e. The number of aromatic nitrogens is 1. The molecule has 1 N–H and O–H groups in total. The fraction of sp³-hybridized carbons (Fsp3) is 0.421. The molecule has 0 aliphatic heterocycles. The number of thiazole rings is 1. The molecule has 0 spiro atoms. The number of nitrogens with zero attached hydrogens (tertiary/aromatic N) is 2. The summed E-state index contributed by atoms with van der Waals surface area (Å²) in [7, 11) is 4.63. The summed E-state index contributed by atoms with van der Waals surface area (Å²) in [6, 6.07) is 4.75. The third kappa shape index (κ3) is 6.61. The van der Waals surface area contributed by atoms with Crippen molar-refractivity contribution in [2.45, 2.75) is 13.5 Å². The highest BCUT2D eigenvalue weighted by Crippen LogP contribution is 2.26. The fourth-order valence-electron chi connectivity index (χ4n) is 2.38. The summed E-state index contributed by atoms with van der Waals surface area (Å²) in [5.41, 5.74) is 0.761. The van der Waals surface area contributed by atoms with Gasteiger partial charge in [0, 0.05) is 42.9 Å². The molecule has 0 unspecified atom stereocenters. The number of anilines is 1. The van der Waals surface area contributed by atoms with Gasteiger partial charge in [-0.1, -0.05) is 0 Å². The monoisotopic (exact) mass is 423 g/mol. The molecule has 10 heteroatoms. The Morgan fingerprint density at radius 2 is 1.83 bits per heavy atom. The van der Waals surface area contributed by atoms with E-state index in [0.717, 1.165) is 0 Å². The van der Waals surface area contributed by atoms with Crippen LogP contribution in [-0.4, -0.2) is 63.0 Å². The number of urea groups is 1. The second-order valence-corrected chi connectivity index (χ2v) is 6.74. The zero-order chi connectivity index (χ0) is 21.2. The van der Waals surface area contributed by atoms with Crippen LogP contribution < -0.4 is 14.8 Å². The maximum absolute atomic E-state index is 12.8. The molecular formula is C19H25N3O6S. The van der Waals surface area contributed by atoms with Gasteiger partial charge >= 0.3 is 12.0 Å². The Bertz CT molecular complexity index is 804. The first-order valence-corrected chi connectivity index (χ1v) is 9.78. The zero-order valence-electron chi connectivity index (χ0n) is 16.9. The Hall–Kier alpha value is -2.85. The first kappa shape index (κ1) is 22.4. The standard InChI is InChI=1S/C19H25N3O6S/c1-5-28-18(23)16-12-29-17(21-16)11-22(6-7-25-2)19(24)20-13-8-14(26-3)10-15(9-13)27-4/h8-10,12H,5-7,11H2,1-4H3,(H,20,24). The molecule has 0 saturated carbocycles. The van der Waals surface area contributed by atoms with E-state index < -0.39 is 5.97 Å². The van der Waals surface area contributed by atoms with Crippen molar-refractivity contribution in [3.63, 3.8) is 0 Å². The molecule has 2 amide bonds. The number of benzene rings is 1.